The number of nitrogens with one attached hydrogen (secondary N) is 2. The first-order valence-electron chi connectivity index (χ1n) is 4.93. The van der Waals surface area contributed by atoms with E-state index < -0.39 is 0 Å². The van der Waals surface area contributed by atoms with Gasteiger partial charge in [-0.2, -0.15) is 0 Å². The van der Waals surface area contributed by atoms with Crippen LogP contribution in [0.25, 0.3) is 0 Å². The Morgan fingerprint density at radius 1 is 1.36 bits per heavy atom. The second-order valence-corrected chi connectivity index (χ2v) is 4.05. The zero-order chi connectivity index (χ0) is 10.6. The molecule has 0 aromatic carbocycles. The molecule has 0 saturated heterocycles. The third kappa shape index (κ3) is 2.70. The molecular weight excluding hydrogens is 174 g/mol. The molecule has 0 fully saturated rings. The largest absolute Gasteiger partial charge is 0.366 e. The van der Waals surface area contributed by atoms with Gasteiger partial charge in [0.25, 0.3) is 0 Å². The van der Waals surface area contributed by atoms with Crippen LogP contribution in [0, 0.1) is 0 Å². The van der Waals surface area contributed by atoms with Crippen molar-refractivity contribution in [3.05, 3.63) is 24.4 Å². The lowest BCUT2D eigenvalue weighted by Gasteiger charge is -2.32. The van der Waals surface area contributed by atoms with E-state index >= 15 is 0 Å². The summed E-state index contributed by atoms with van der Waals surface area (Å²) in [6.45, 7) is 6.46. The number of hydrogen-bond acceptors (Lipinski definition) is 3. The zero-order valence-corrected chi connectivity index (χ0v) is 9.33. The highest BCUT2D eigenvalue weighted by Crippen LogP contribution is 2.12. The number of likely N-dealkylation sites (N-methyl/N-ethyl adjacent to an activating group) is 1. The topological polar surface area (TPSA) is 37.0 Å². The van der Waals surface area contributed by atoms with E-state index in [4.69, 9.17) is 0 Å². The number of nitrogens with zero attached hydrogens (tertiary/aromatic N) is 1. The molecule has 0 spiro atoms. The van der Waals surface area contributed by atoms with Crippen molar-refractivity contribution in [2.24, 2.45) is 0 Å². The normalized spacial score (nSPS) is 13.7. The Kier molecular flexibility index (Phi) is 3.47. The molecule has 1 heterocycles. The summed E-state index contributed by atoms with van der Waals surface area (Å²) in [5.74, 6) is 0.920. The zero-order valence-electron chi connectivity index (χ0n) is 9.33. The first-order chi connectivity index (χ1) is 6.56. The lowest BCUT2D eigenvalue weighted by atomic mass is 9.96. The van der Waals surface area contributed by atoms with Gasteiger partial charge in [-0.3, -0.25) is 0 Å². The van der Waals surface area contributed by atoms with Gasteiger partial charge in [-0.05, 0) is 40.0 Å². The molecule has 14 heavy (non-hydrogen) atoms. The summed E-state index contributed by atoms with van der Waals surface area (Å²) in [4.78, 5) is 4.23. The van der Waals surface area contributed by atoms with E-state index in [1.165, 1.54) is 0 Å². The minimum absolute atomic E-state index is 0.0531. The summed E-state index contributed by atoms with van der Waals surface area (Å²) in [5.41, 5.74) is 0.0531. The first-order valence-corrected chi connectivity index (χ1v) is 4.93. The van der Waals surface area contributed by atoms with Crippen molar-refractivity contribution in [1.29, 1.82) is 0 Å². The molecule has 0 saturated carbocycles. The van der Waals surface area contributed by atoms with Crippen LogP contribution in [0.3, 0.4) is 0 Å². The molecule has 0 aliphatic carbocycles. The van der Waals surface area contributed by atoms with E-state index in [-0.39, 0.29) is 5.54 Å². The van der Waals surface area contributed by atoms with Crippen LogP contribution >= 0.6 is 0 Å². The smallest absolute Gasteiger partial charge is 0.126 e. The fourth-order valence-electron chi connectivity index (χ4n) is 1.07. The van der Waals surface area contributed by atoms with Gasteiger partial charge in [-0.25, -0.2) is 4.98 Å². The van der Waals surface area contributed by atoms with Crippen LogP contribution in [0.1, 0.15) is 20.8 Å². The van der Waals surface area contributed by atoms with Crippen LogP contribution in [0.5, 0.6) is 0 Å². The molecule has 1 unspecified atom stereocenters. The van der Waals surface area contributed by atoms with Gasteiger partial charge >= 0.3 is 0 Å². The van der Waals surface area contributed by atoms with E-state index in [9.17, 15) is 0 Å². The van der Waals surface area contributed by atoms with Crippen LogP contribution in [-0.4, -0.2) is 23.6 Å². The van der Waals surface area contributed by atoms with Gasteiger partial charge in [-0.15, -0.1) is 0 Å². The second kappa shape index (κ2) is 4.42. The molecule has 0 aliphatic heterocycles. The molecule has 3 heteroatoms. The van der Waals surface area contributed by atoms with Crippen molar-refractivity contribution < 1.29 is 0 Å². The monoisotopic (exact) mass is 193 g/mol. The Hall–Kier alpha value is -1.09. The van der Waals surface area contributed by atoms with Crippen LogP contribution in [0.15, 0.2) is 24.4 Å². The Bertz CT molecular complexity index is 269. The molecule has 1 aromatic rings. The Labute approximate surface area is 85.9 Å². The third-order valence-corrected chi connectivity index (χ3v) is 2.76. The maximum atomic E-state index is 4.23. The number of aromatic nitrogens is 1. The lowest BCUT2D eigenvalue weighted by molar-refractivity contribution is 0.377. The molecule has 0 radical (unpaired) electrons. The number of rotatable bonds is 4. The second-order valence-electron chi connectivity index (χ2n) is 4.05. The molecule has 1 rings (SSSR count). The number of anilines is 1. The van der Waals surface area contributed by atoms with Crippen molar-refractivity contribution >= 4 is 5.82 Å². The van der Waals surface area contributed by atoms with Crippen molar-refractivity contribution in [3.63, 3.8) is 0 Å². The molecule has 3 nitrogen and oxygen atoms in total. The first kappa shape index (κ1) is 11.0. The summed E-state index contributed by atoms with van der Waals surface area (Å²) in [6.07, 6.45) is 1.79. The fourth-order valence-corrected chi connectivity index (χ4v) is 1.07. The van der Waals surface area contributed by atoms with Crippen molar-refractivity contribution in [1.82, 2.24) is 10.3 Å². The maximum absolute atomic E-state index is 4.23. The van der Waals surface area contributed by atoms with Gasteiger partial charge in [0.1, 0.15) is 5.82 Å². The summed E-state index contributed by atoms with van der Waals surface area (Å²) >= 11 is 0. The molecule has 0 amide bonds. The molecule has 1 atom stereocenters. The summed E-state index contributed by atoms with van der Waals surface area (Å²) in [5, 5.41) is 6.63. The quantitative estimate of drug-likeness (QED) is 0.766. The highest BCUT2D eigenvalue weighted by molar-refractivity contribution is 5.35. The van der Waals surface area contributed by atoms with Crippen LogP contribution in [0.2, 0.25) is 0 Å². The number of pyridine rings is 1. The van der Waals surface area contributed by atoms with Gasteiger partial charge < -0.3 is 10.6 Å². The minimum Gasteiger partial charge on any atom is -0.366 e. The van der Waals surface area contributed by atoms with Gasteiger partial charge in [0.15, 0.2) is 0 Å². The molecule has 1 aromatic heterocycles. The van der Waals surface area contributed by atoms with E-state index in [1.54, 1.807) is 6.20 Å². The van der Waals surface area contributed by atoms with E-state index in [1.807, 2.05) is 25.2 Å². The predicted octanol–water partition coefficient (Wildman–Crippen LogP) is 1.88. The van der Waals surface area contributed by atoms with Gasteiger partial charge in [-0.1, -0.05) is 6.07 Å². The average molecular weight is 193 g/mol. The van der Waals surface area contributed by atoms with Crippen LogP contribution in [-0.2, 0) is 0 Å². The van der Waals surface area contributed by atoms with Gasteiger partial charge in [0.05, 0.1) is 0 Å². The Morgan fingerprint density at radius 2 is 2.07 bits per heavy atom. The van der Waals surface area contributed by atoms with Crippen molar-refractivity contribution in [3.8, 4) is 0 Å². The summed E-state index contributed by atoms with van der Waals surface area (Å²) < 4.78 is 0. The maximum Gasteiger partial charge on any atom is 0.126 e. The number of hydrogen-bond donors (Lipinski definition) is 2. The SMILES string of the molecule is CNC(C)(C)C(C)Nc1ccccn1. The van der Waals surface area contributed by atoms with Gasteiger partial charge in [0, 0.05) is 17.8 Å². The highest BCUT2D eigenvalue weighted by Gasteiger charge is 2.23. The third-order valence-electron chi connectivity index (χ3n) is 2.76. The molecule has 78 valence electrons. The molecule has 0 bridgehead atoms. The highest BCUT2D eigenvalue weighted by atomic mass is 15.1. The average Bonchev–Trinajstić information content (AvgIpc) is 2.19. The Morgan fingerprint density at radius 3 is 2.57 bits per heavy atom. The van der Waals surface area contributed by atoms with E-state index in [0.717, 1.165) is 5.82 Å². The van der Waals surface area contributed by atoms with Crippen molar-refractivity contribution in [2.45, 2.75) is 32.4 Å². The lowest BCUT2D eigenvalue weighted by Crippen LogP contribution is -2.49. The van der Waals surface area contributed by atoms with E-state index in [2.05, 4.69) is 36.4 Å². The van der Waals surface area contributed by atoms with Crippen molar-refractivity contribution in [2.75, 3.05) is 12.4 Å². The summed E-state index contributed by atoms with van der Waals surface area (Å²) in [7, 11) is 1.97. The molecule has 0 aliphatic rings. The minimum atomic E-state index is 0.0531. The Balaban J connectivity index is 2.62. The van der Waals surface area contributed by atoms with Gasteiger partial charge in [0.2, 0.25) is 0 Å². The molecular formula is C11H19N3. The fraction of sp³-hybridized carbons (Fsp3) is 0.545. The molecule has 2 N–H and O–H groups in total. The van der Waals surface area contributed by atoms with E-state index in [0.29, 0.717) is 6.04 Å². The standard InChI is InChI=1S/C11H19N3/c1-9(11(2,3)12-4)14-10-7-5-6-8-13-10/h5-9,12H,1-4H3,(H,13,14). The predicted molar refractivity (Wildman–Crippen MR) is 60.5 cm³/mol. The van der Waals surface area contributed by atoms with Crippen LogP contribution in [0.4, 0.5) is 5.82 Å². The summed E-state index contributed by atoms with van der Waals surface area (Å²) in [6, 6.07) is 6.19. The van der Waals surface area contributed by atoms with Crippen LogP contribution < -0.4 is 10.6 Å².